The molecule has 0 radical (unpaired) electrons. The van der Waals surface area contributed by atoms with Crippen LogP contribution in [-0.2, 0) is 9.53 Å². The molecule has 0 saturated carbocycles. The van der Waals surface area contributed by atoms with Crippen molar-refractivity contribution < 1.29 is 14.3 Å². The van der Waals surface area contributed by atoms with Crippen molar-refractivity contribution >= 4 is 35.9 Å². The van der Waals surface area contributed by atoms with Crippen LogP contribution < -0.4 is 5.73 Å². The summed E-state index contributed by atoms with van der Waals surface area (Å²) in [5.74, 6) is 0.391. The highest BCUT2D eigenvalue weighted by atomic mass is 16.5. The number of ether oxygens (including phenoxy) is 1. The Hall–Kier alpha value is -3.71. The van der Waals surface area contributed by atoms with E-state index in [-0.39, 0.29) is 5.91 Å². The summed E-state index contributed by atoms with van der Waals surface area (Å²) in [7, 11) is 1.99. The van der Waals surface area contributed by atoms with Gasteiger partial charge in [0, 0.05) is 49.8 Å². The molecule has 7 heteroatoms. The van der Waals surface area contributed by atoms with Crippen molar-refractivity contribution in [3.63, 3.8) is 0 Å². The normalized spacial score (nSPS) is 15.2. The van der Waals surface area contributed by atoms with Crippen LogP contribution in [0.2, 0.25) is 0 Å². The summed E-state index contributed by atoms with van der Waals surface area (Å²) in [5, 5.41) is 0. The van der Waals surface area contributed by atoms with E-state index in [1.165, 1.54) is 0 Å². The molecule has 2 heterocycles. The molecule has 0 aliphatic carbocycles. The van der Waals surface area contributed by atoms with Gasteiger partial charge in [-0.05, 0) is 54.1 Å². The number of aliphatic imine (C=N–C) groups is 1. The summed E-state index contributed by atoms with van der Waals surface area (Å²) >= 11 is 0. The lowest BCUT2D eigenvalue weighted by molar-refractivity contribution is -0.131. The highest BCUT2D eigenvalue weighted by Gasteiger charge is 2.23. The smallest absolute Gasteiger partial charge is 0.250 e. The number of morpholine rings is 1. The summed E-state index contributed by atoms with van der Waals surface area (Å²) in [4.78, 5) is 33.0. The molecule has 2 aliphatic heterocycles. The van der Waals surface area contributed by atoms with E-state index in [0.717, 1.165) is 40.8 Å². The van der Waals surface area contributed by atoms with E-state index in [0.29, 0.717) is 49.7 Å². The number of nitrogens with zero attached hydrogens (tertiary/aromatic N) is 3. The number of amidine groups is 1. The summed E-state index contributed by atoms with van der Waals surface area (Å²) in [6.07, 6.45) is 6.99. The van der Waals surface area contributed by atoms with Crippen molar-refractivity contribution in [3.8, 4) is 11.1 Å². The van der Waals surface area contributed by atoms with Crippen LogP contribution in [0.25, 0.3) is 23.3 Å². The summed E-state index contributed by atoms with van der Waals surface area (Å²) in [6, 6.07) is 11.7. The van der Waals surface area contributed by atoms with Gasteiger partial charge < -0.3 is 20.3 Å². The Balaban J connectivity index is 0.00000176. The maximum Gasteiger partial charge on any atom is 0.250 e. The fourth-order valence-corrected chi connectivity index (χ4v) is 4.00. The summed E-state index contributed by atoms with van der Waals surface area (Å²) in [6.45, 7) is 9.22. The molecule has 0 aromatic heterocycles. The molecule has 2 aromatic rings. The van der Waals surface area contributed by atoms with Crippen LogP contribution in [0.5, 0.6) is 0 Å². The highest BCUT2D eigenvalue weighted by molar-refractivity contribution is 6.05. The fraction of sp³-hybridized carbons (Fsp3) is 0.345. The average molecular weight is 489 g/mol. The molecular weight excluding hydrogens is 452 g/mol. The predicted octanol–water partition coefficient (Wildman–Crippen LogP) is 4.75. The lowest BCUT2D eigenvalue weighted by Gasteiger charge is -2.27. The molecule has 0 bridgehead atoms. The zero-order valence-electron chi connectivity index (χ0n) is 21.7. The van der Waals surface area contributed by atoms with E-state index >= 15 is 0 Å². The second kappa shape index (κ2) is 12.8. The summed E-state index contributed by atoms with van der Waals surface area (Å²) in [5.41, 5.74) is 11.8. The van der Waals surface area contributed by atoms with E-state index in [2.05, 4.69) is 11.9 Å². The monoisotopic (exact) mass is 488 g/mol. The molecule has 0 spiro atoms. The van der Waals surface area contributed by atoms with Crippen molar-refractivity contribution in [3.05, 3.63) is 64.9 Å². The predicted molar refractivity (Wildman–Crippen MR) is 147 cm³/mol. The van der Waals surface area contributed by atoms with Gasteiger partial charge in [0.05, 0.1) is 18.9 Å². The Labute approximate surface area is 213 Å². The number of hydrogen-bond donors (Lipinski definition) is 1. The lowest BCUT2D eigenvalue weighted by Crippen LogP contribution is -2.41. The van der Waals surface area contributed by atoms with Crippen molar-refractivity contribution in [2.75, 3.05) is 39.9 Å². The first-order valence-electron chi connectivity index (χ1n) is 12.5. The molecule has 1 saturated heterocycles. The van der Waals surface area contributed by atoms with Crippen LogP contribution in [0.4, 0.5) is 5.69 Å². The highest BCUT2D eigenvalue weighted by Crippen LogP contribution is 2.33. The van der Waals surface area contributed by atoms with Gasteiger partial charge in [0.15, 0.2) is 6.29 Å². The first kappa shape index (κ1) is 26.9. The van der Waals surface area contributed by atoms with E-state index < -0.39 is 0 Å². The van der Waals surface area contributed by atoms with Crippen LogP contribution in [0, 0.1) is 0 Å². The van der Waals surface area contributed by atoms with Crippen LogP contribution in [-0.4, -0.2) is 67.7 Å². The quantitative estimate of drug-likeness (QED) is 0.593. The molecule has 2 N–H and O–H groups in total. The van der Waals surface area contributed by atoms with Gasteiger partial charge in [-0.25, -0.2) is 4.99 Å². The molecule has 0 atom stereocenters. The molecule has 4 rings (SSSR count). The Morgan fingerprint density at radius 3 is 2.50 bits per heavy atom. The largest absolute Gasteiger partial charge is 0.387 e. The number of carbonyl (C=O) groups is 2. The molecule has 1 amide bonds. The van der Waals surface area contributed by atoms with Crippen LogP contribution in [0.3, 0.4) is 0 Å². The number of amides is 1. The van der Waals surface area contributed by atoms with Gasteiger partial charge in [0.2, 0.25) is 5.91 Å². The minimum atomic E-state index is -0.0173. The van der Waals surface area contributed by atoms with Gasteiger partial charge >= 0.3 is 0 Å². The Morgan fingerprint density at radius 1 is 1.11 bits per heavy atom. The zero-order chi connectivity index (χ0) is 26.1. The molecule has 2 aromatic carbocycles. The first-order chi connectivity index (χ1) is 17.5. The molecule has 36 heavy (non-hydrogen) atoms. The molecule has 7 nitrogen and oxygen atoms in total. The number of rotatable bonds is 6. The molecule has 190 valence electrons. The molecule has 0 unspecified atom stereocenters. The standard InChI is InChI=1S/C27H30N4O3.C2H6/c1-3-30(2)9-8-21-14-19(5-7-23(21)18-32)20-4-6-22-15-24(17-26(28)29-25(22)16-20)27(33)31-10-12-34-13-11-31;1-2/h4-9,14-16,18H,3,10-13,17H2,1-2H3,(H2,28,29);1-2H3/b9-8-;. The van der Waals surface area contributed by atoms with E-state index in [9.17, 15) is 9.59 Å². The van der Waals surface area contributed by atoms with Crippen molar-refractivity contribution in [1.82, 2.24) is 9.80 Å². The first-order valence-corrected chi connectivity index (χ1v) is 12.5. The van der Waals surface area contributed by atoms with Crippen LogP contribution in [0.1, 0.15) is 48.7 Å². The number of aldehydes is 1. The maximum absolute atomic E-state index is 13.0. The zero-order valence-corrected chi connectivity index (χ0v) is 21.7. The SMILES string of the molecule is CC.CCN(C)/C=C\c1cc(-c2ccc3c(c2)N=C(N)CC(C(=O)N2CCOCC2)=C3)ccc1C=O. The van der Waals surface area contributed by atoms with Crippen molar-refractivity contribution in [1.29, 1.82) is 0 Å². The Bertz CT molecular complexity index is 1180. The second-order valence-corrected chi connectivity index (χ2v) is 8.48. The van der Waals surface area contributed by atoms with Gasteiger partial charge in [-0.1, -0.05) is 38.1 Å². The van der Waals surface area contributed by atoms with Crippen LogP contribution in [0.15, 0.2) is 53.2 Å². The third-order valence-corrected chi connectivity index (χ3v) is 6.12. The van der Waals surface area contributed by atoms with E-state index in [1.54, 1.807) is 0 Å². The minimum absolute atomic E-state index is 0.0173. The van der Waals surface area contributed by atoms with Gasteiger partial charge in [0.1, 0.15) is 5.84 Å². The van der Waals surface area contributed by atoms with E-state index in [1.807, 2.05) is 85.4 Å². The molecular formula is C29H36N4O3. The van der Waals surface area contributed by atoms with Crippen LogP contribution >= 0.6 is 0 Å². The van der Waals surface area contributed by atoms with Crippen molar-refractivity contribution in [2.24, 2.45) is 10.7 Å². The van der Waals surface area contributed by atoms with Gasteiger partial charge in [0.25, 0.3) is 0 Å². The molecule has 1 fully saturated rings. The fourth-order valence-electron chi connectivity index (χ4n) is 4.00. The van der Waals surface area contributed by atoms with Gasteiger partial charge in [-0.15, -0.1) is 0 Å². The molecule has 2 aliphatic rings. The number of fused-ring (bicyclic) bond motifs is 1. The number of benzene rings is 2. The second-order valence-electron chi connectivity index (χ2n) is 8.48. The number of hydrogen-bond acceptors (Lipinski definition) is 6. The minimum Gasteiger partial charge on any atom is -0.387 e. The third kappa shape index (κ3) is 6.49. The number of nitrogens with two attached hydrogens (primary N) is 1. The number of carbonyl (C=O) groups excluding carboxylic acids is 2. The van der Waals surface area contributed by atoms with Gasteiger partial charge in [-0.2, -0.15) is 0 Å². The maximum atomic E-state index is 13.0. The summed E-state index contributed by atoms with van der Waals surface area (Å²) < 4.78 is 5.36. The Morgan fingerprint density at radius 2 is 1.81 bits per heavy atom. The van der Waals surface area contributed by atoms with E-state index in [4.69, 9.17) is 10.5 Å². The average Bonchev–Trinajstić information content (AvgIpc) is 3.10. The van der Waals surface area contributed by atoms with Crippen molar-refractivity contribution in [2.45, 2.75) is 27.2 Å². The topological polar surface area (TPSA) is 88.2 Å². The third-order valence-electron chi connectivity index (χ3n) is 6.12. The lowest BCUT2D eigenvalue weighted by atomic mass is 9.97. The van der Waals surface area contributed by atoms with Gasteiger partial charge in [-0.3, -0.25) is 9.59 Å². The Kier molecular flexibility index (Phi) is 9.59.